The van der Waals surface area contributed by atoms with E-state index >= 15 is 0 Å². The summed E-state index contributed by atoms with van der Waals surface area (Å²) in [5.41, 5.74) is 2.43. The third-order valence-corrected chi connectivity index (χ3v) is 3.19. The number of aliphatic hydroxyl groups is 1. The zero-order chi connectivity index (χ0) is 17.2. The first kappa shape index (κ1) is 20.3. The Kier molecular flexibility index (Phi) is 9.35. The average Bonchev–Trinajstić information content (AvgIpc) is 2.37. The summed E-state index contributed by atoms with van der Waals surface area (Å²) in [5.74, 6) is 0.0688. The maximum absolute atomic E-state index is 11.6. The summed E-state index contributed by atoms with van der Waals surface area (Å²) in [5, 5.41) is 9.75. The summed E-state index contributed by atoms with van der Waals surface area (Å²) >= 11 is 0. The summed E-state index contributed by atoms with van der Waals surface area (Å²) in [6.07, 6.45) is 13.4. The van der Waals surface area contributed by atoms with Gasteiger partial charge in [0.15, 0.2) is 5.78 Å². The van der Waals surface area contributed by atoms with Crippen molar-refractivity contribution in [3.05, 3.63) is 59.8 Å². The van der Waals surface area contributed by atoms with Gasteiger partial charge in [0, 0.05) is 0 Å². The molecule has 2 heteroatoms. The van der Waals surface area contributed by atoms with Crippen LogP contribution < -0.4 is 0 Å². The molecule has 2 nitrogen and oxygen atoms in total. The Hall–Kier alpha value is -1.67. The van der Waals surface area contributed by atoms with Crippen molar-refractivity contribution in [2.24, 2.45) is 0 Å². The molecule has 0 aromatic rings. The van der Waals surface area contributed by atoms with E-state index in [1.165, 1.54) is 11.6 Å². The number of hydrogen-bond acceptors (Lipinski definition) is 2. The quantitative estimate of drug-likeness (QED) is 0.366. The van der Waals surface area contributed by atoms with Crippen LogP contribution in [0.4, 0.5) is 0 Å². The molecule has 0 bridgehead atoms. The second kappa shape index (κ2) is 10.1. The first-order valence-corrected chi connectivity index (χ1v) is 7.73. The SMILES string of the molecule is C=CC(C)(O)C=CC=C(C)CCCC(C)=CC(=O)C=C(C)C. The minimum atomic E-state index is -0.957. The van der Waals surface area contributed by atoms with Crippen LogP contribution in [0.3, 0.4) is 0 Å². The average molecular weight is 302 g/mol. The van der Waals surface area contributed by atoms with Gasteiger partial charge in [-0.05, 0) is 72.1 Å². The Labute approximate surface area is 135 Å². The van der Waals surface area contributed by atoms with E-state index in [1.807, 2.05) is 32.9 Å². The third kappa shape index (κ3) is 11.0. The molecule has 122 valence electrons. The van der Waals surface area contributed by atoms with Crippen molar-refractivity contribution in [1.82, 2.24) is 0 Å². The largest absolute Gasteiger partial charge is 0.382 e. The standard InChI is InChI=1S/C20H30O2/c1-7-20(6,22)13-9-12-17(4)10-8-11-18(5)15-19(21)14-16(2)3/h7,9,12-15,22H,1,8,10-11H2,2-6H3. The predicted molar refractivity (Wildman–Crippen MR) is 95.8 cm³/mol. The fourth-order valence-corrected chi connectivity index (χ4v) is 1.85. The Balaban J connectivity index is 4.30. The van der Waals surface area contributed by atoms with Crippen molar-refractivity contribution in [2.75, 3.05) is 0 Å². The fourth-order valence-electron chi connectivity index (χ4n) is 1.85. The molecule has 1 N–H and O–H groups in total. The van der Waals surface area contributed by atoms with Crippen LogP contribution in [0.15, 0.2) is 59.8 Å². The molecule has 0 amide bonds. The van der Waals surface area contributed by atoms with Gasteiger partial charge in [-0.1, -0.05) is 41.5 Å². The van der Waals surface area contributed by atoms with E-state index in [0.29, 0.717) is 0 Å². The van der Waals surface area contributed by atoms with Gasteiger partial charge in [0.05, 0.1) is 5.60 Å². The van der Waals surface area contributed by atoms with E-state index in [2.05, 4.69) is 13.5 Å². The molecule has 0 aliphatic carbocycles. The first-order valence-electron chi connectivity index (χ1n) is 7.73. The summed E-state index contributed by atoms with van der Waals surface area (Å²) < 4.78 is 0. The van der Waals surface area contributed by atoms with Gasteiger partial charge in [0.25, 0.3) is 0 Å². The van der Waals surface area contributed by atoms with Crippen LogP contribution in [0, 0.1) is 0 Å². The zero-order valence-corrected chi connectivity index (χ0v) is 14.6. The minimum Gasteiger partial charge on any atom is -0.382 e. The minimum absolute atomic E-state index is 0.0688. The van der Waals surface area contributed by atoms with Crippen LogP contribution in [-0.4, -0.2) is 16.5 Å². The van der Waals surface area contributed by atoms with Crippen molar-refractivity contribution < 1.29 is 9.90 Å². The van der Waals surface area contributed by atoms with Crippen molar-refractivity contribution in [2.45, 2.75) is 59.5 Å². The monoisotopic (exact) mass is 302 g/mol. The van der Waals surface area contributed by atoms with E-state index in [0.717, 1.165) is 30.4 Å². The Bertz CT molecular complexity index is 496. The first-order chi connectivity index (χ1) is 10.2. The predicted octanol–water partition coefficient (Wildman–Crippen LogP) is 5.08. The number of rotatable bonds is 9. The van der Waals surface area contributed by atoms with Crippen LogP contribution in [0.5, 0.6) is 0 Å². The smallest absolute Gasteiger partial charge is 0.178 e. The molecular formula is C20H30O2. The van der Waals surface area contributed by atoms with Crippen LogP contribution in [0.25, 0.3) is 0 Å². The Morgan fingerprint density at radius 1 is 1.09 bits per heavy atom. The lowest BCUT2D eigenvalue weighted by Gasteiger charge is -2.11. The van der Waals surface area contributed by atoms with Crippen molar-refractivity contribution in [1.29, 1.82) is 0 Å². The highest BCUT2D eigenvalue weighted by molar-refractivity contribution is 5.99. The summed E-state index contributed by atoms with van der Waals surface area (Å²) in [7, 11) is 0. The van der Waals surface area contributed by atoms with E-state index in [1.54, 1.807) is 25.2 Å². The van der Waals surface area contributed by atoms with E-state index in [-0.39, 0.29) is 5.78 Å². The lowest BCUT2D eigenvalue weighted by Crippen LogP contribution is -2.15. The zero-order valence-electron chi connectivity index (χ0n) is 14.6. The number of hydrogen-bond donors (Lipinski definition) is 1. The molecule has 0 aromatic heterocycles. The second-order valence-electron chi connectivity index (χ2n) is 6.27. The lowest BCUT2D eigenvalue weighted by atomic mass is 10.0. The molecule has 1 atom stereocenters. The normalized spacial score (nSPS) is 15.5. The molecule has 22 heavy (non-hydrogen) atoms. The molecule has 0 saturated carbocycles. The van der Waals surface area contributed by atoms with Gasteiger partial charge in [-0.25, -0.2) is 0 Å². The third-order valence-electron chi connectivity index (χ3n) is 3.19. The van der Waals surface area contributed by atoms with E-state index in [4.69, 9.17) is 0 Å². The van der Waals surface area contributed by atoms with Crippen molar-refractivity contribution in [3.8, 4) is 0 Å². The van der Waals surface area contributed by atoms with Gasteiger partial charge in [-0.15, -0.1) is 0 Å². The topological polar surface area (TPSA) is 37.3 Å². The Morgan fingerprint density at radius 2 is 1.68 bits per heavy atom. The highest BCUT2D eigenvalue weighted by atomic mass is 16.3. The molecule has 0 fully saturated rings. The Morgan fingerprint density at radius 3 is 2.23 bits per heavy atom. The molecule has 0 saturated heterocycles. The number of carbonyl (C=O) groups is 1. The van der Waals surface area contributed by atoms with Gasteiger partial charge in [0.1, 0.15) is 0 Å². The molecule has 0 spiro atoms. The van der Waals surface area contributed by atoms with Crippen LogP contribution in [0.1, 0.15) is 53.9 Å². The molecule has 0 aliphatic rings. The maximum atomic E-state index is 11.6. The van der Waals surface area contributed by atoms with E-state index < -0.39 is 5.60 Å². The second-order valence-corrected chi connectivity index (χ2v) is 6.27. The van der Waals surface area contributed by atoms with Gasteiger partial charge < -0.3 is 5.11 Å². The highest BCUT2D eigenvalue weighted by Gasteiger charge is 2.08. The molecule has 0 heterocycles. The van der Waals surface area contributed by atoms with Crippen molar-refractivity contribution >= 4 is 5.78 Å². The molecule has 0 aliphatic heterocycles. The molecule has 0 rings (SSSR count). The fraction of sp³-hybridized carbons (Fsp3) is 0.450. The van der Waals surface area contributed by atoms with Gasteiger partial charge >= 0.3 is 0 Å². The summed E-state index contributed by atoms with van der Waals surface area (Å²) in [4.78, 5) is 11.6. The molecule has 0 radical (unpaired) electrons. The maximum Gasteiger partial charge on any atom is 0.178 e. The number of ketones is 1. The lowest BCUT2D eigenvalue weighted by molar-refractivity contribution is -0.110. The molecular weight excluding hydrogens is 272 g/mol. The molecule has 1 unspecified atom stereocenters. The summed E-state index contributed by atoms with van der Waals surface area (Å²) in [6.45, 7) is 13.2. The van der Waals surface area contributed by atoms with E-state index in [9.17, 15) is 9.90 Å². The number of carbonyl (C=O) groups excluding carboxylic acids is 1. The van der Waals surface area contributed by atoms with Crippen LogP contribution in [-0.2, 0) is 4.79 Å². The highest BCUT2D eigenvalue weighted by Crippen LogP contribution is 2.13. The number of allylic oxidation sites excluding steroid dienone is 7. The summed E-state index contributed by atoms with van der Waals surface area (Å²) in [6, 6.07) is 0. The van der Waals surface area contributed by atoms with Gasteiger partial charge in [-0.3, -0.25) is 4.79 Å². The van der Waals surface area contributed by atoms with Gasteiger partial charge in [0.2, 0.25) is 0 Å². The van der Waals surface area contributed by atoms with Gasteiger partial charge in [-0.2, -0.15) is 0 Å². The van der Waals surface area contributed by atoms with Crippen LogP contribution >= 0.6 is 0 Å². The molecule has 0 aromatic carbocycles. The van der Waals surface area contributed by atoms with Crippen LogP contribution in [0.2, 0.25) is 0 Å². The van der Waals surface area contributed by atoms with Crippen molar-refractivity contribution in [3.63, 3.8) is 0 Å².